The van der Waals surface area contributed by atoms with Crippen LogP contribution in [0.1, 0.15) is 33.9 Å². The molecule has 0 aliphatic carbocycles. The number of carbonyl (C=O) groups is 2. The van der Waals surface area contributed by atoms with Crippen LogP contribution in [0.3, 0.4) is 0 Å². The van der Waals surface area contributed by atoms with Crippen LogP contribution in [0.2, 0.25) is 5.02 Å². The molecule has 0 fully saturated rings. The van der Waals surface area contributed by atoms with Gasteiger partial charge in [0.05, 0.1) is 10.7 Å². The van der Waals surface area contributed by atoms with Crippen LogP contribution >= 0.6 is 38.9 Å². The van der Waals surface area contributed by atoms with E-state index in [1.54, 1.807) is 24.3 Å². The summed E-state index contributed by atoms with van der Waals surface area (Å²) in [7, 11) is 0. The van der Waals surface area contributed by atoms with Crippen LogP contribution in [0.15, 0.2) is 34.1 Å². The molecule has 0 aliphatic heterocycles. The smallest absolute Gasteiger partial charge is 0.266 e. The Morgan fingerprint density at radius 3 is 2.55 bits per heavy atom. The standard InChI is InChI=1S/C15H14BrClN2O2S/c1-8(2)18-14(20)9-3-4-11(17)12(7-9)19-15(21)13-10(16)5-6-22-13/h3-8H,1-2H3,(H,18,20)(H,19,21). The van der Waals surface area contributed by atoms with Crippen molar-refractivity contribution in [1.82, 2.24) is 5.32 Å². The van der Waals surface area contributed by atoms with Gasteiger partial charge in [0.25, 0.3) is 11.8 Å². The van der Waals surface area contributed by atoms with Gasteiger partial charge in [-0.2, -0.15) is 0 Å². The molecule has 2 amide bonds. The van der Waals surface area contributed by atoms with Crippen LogP contribution in [0.4, 0.5) is 5.69 Å². The lowest BCUT2D eigenvalue weighted by Crippen LogP contribution is -2.30. The van der Waals surface area contributed by atoms with Crippen LogP contribution < -0.4 is 10.6 Å². The monoisotopic (exact) mass is 400 g/mol. The van der Waals surface area contributed by atoms with Crippen molar-refractivity contribution in [2.45, 2.75) is 19.9 Å². The van der Waals surface area contributed by atoms with Crippen LogP contribution in [0.25, 0.3) is 0 Å². The van der Waals surface area contributed by atoms with Gasteiger partial charge in [0.15, 0.2) is 0 Å². The molecule has 1 aromatic carbocycles. The minimum Gasteiger partial charge on any atom is -0.350 e. The van der Waals surface area contributed by atoms with Crippen molar-refractivity contribution in [2.24, 2.45) is 0 Å². The summed E-state index contributed by atoms with van der Waals surface area (Å²) in [4.78, 5) is 24.8. The molecule has 0 unspecified atom stereocenters. The molecule has 22 heavy (non-hydrogen) atoms. The van der Waals surface area contributed by atoms with E-state index in [0.717, 1.165) is 4.47 Å². The predicted molar refractivity (Wildman–Crippen MR) is 94.0 cm³/mol. The number of thiophene rings is 1. The number of amides is 2. The third-order valence-corrected chi connectivity index (χ3v) is 4.89. The highest BCUT2D eigenvalue weighted by Gasteiger charge is 2.15. The second-order valence-electron chi connectivity index (χ2n) is 4.87. The molecule has 0 atom stereocenters. The van der Waals surface area contributed by atoms with E-state index in [0.29, 0.717) is 21.2 Å². The fourth-order valence-corrected chi connectivity index (χ4v) is 3.35. The maximum Gasteiger partial charge on any atom is 0.266 e. The van der Waals surface area contributed by atoms with Crippen LogP contribution in [0.5, 0.6) is 0 Å². The van der Waals surface area contributed by atoms with E-state index >= 15 is 0 Å². The number of hydrogen-bond acceptors (Lipinski definition) is 3. The summed E-state index contributed by atoms with van der Waals surface area (Å²) in [6.07, 6.45) is 0. The summed E-state index contributed by atoms with van der Waals surface area (Å²) >= 11 is 10.7. The molecule has 0 aliphatic rings. The quantitative estimate of drug-likeness (QED) is 0.789. The van der Waals surface area contributed by atoms with Crippen LogP contribution in [0, 0.1) is 0 Å². The highest BCUT2D eigenvalue weighted by atomic mass is 79.9. The van der Waals surface area contributed by atoms with Crippen molar-refractivity contribution in [3.63, 3.8) is 0 Å². The van der Waals surface area contributed by atoms with Crippen molar-refractivity contribution in [1.29, 1.82) is 0 Å². The van der Waals surface area contributed by atoms with Gasteiger partial charge < -0.3 is 10.6 Å². The van der Waals surface area contributed by atoms with Crippen molar-refractivity contribution < 1.29 is 9.59 Å². The van der Waals surface area contributed by atoms with Gasteiger partial charge in [0, 0.05) is 16.1 Å². The first-order valence-corrected chi connectivity index (χ1v) is 8.58. The van der Waals surface area contributed by atoms with Gasteiger partial charge in [-0.15, -0.1) is 11.3 Å². The Hall–Kier alpha value is -1.37. The van der Waals surface area contributed by atoms with Gasteiger partial charge >= 0.3 is 0 Å². The van der Waals surface area contributed by atoms with Gasteiger partial charge in [-0.3, -0.25) is 9.59 Å². The normalized spacial score (nSPS) is 10.6. The first-order chi connectivity index (χ1) is 10.4. The zero-order chi connectivity index (χ0) is 16.3. The van der Waals surface area contributed by atoms with E-state index in [4.69, 9.17) is 11.6 Å². The molecule has 1 heterocycles. The molecule has 0 spiro atoms. The SMILES string of the molecule is CC(C)NC(=O)c1ccc(Cl)c(NC(=O)c2sccc2Br)c1. The second kappa shape index (κ2) is 7.26. The summed E-state index contributed by atoms with van der Waals surface area (Å²) in [6, 6.07) is 6.61. The number of anilines is 1. The third kappa shape index (κ3) is 4.09. The van der Waals surface area contributed by atoms with Gasteiger partial charge in [-0.25, -0.2) is 0 Å². The number of nitrogens with one attached hydrogen (secondary N) is 2. The molecule has 4 nitrogen and oxygen atoms in total. The third-order valence-electron chi connectivity index (χ3n) is 2.72. The Kier molecular flexibility index (Phi) is 5.61. The average molecular weight is 402 g/mol. The highest BCUT2D eigenvalue weighted by Crippen LogP contribution is 2.27. The molecule has 0 bridgehead atoms. The molecule has 2 rings (SSSR count). The number of hydrogen-bond donors (Lipinski definition) is 2. The molecule has 0 radical (unpaired) electrons. The van der Waals surface area contributed by atoms with Gasteiger partial charge in [0.2, 0.25) is 0 Å². The Labute approximate surface area is 146 Å². The second-order valence-corrected chi connectivity index (χ2v) is 7.05. The lowest BCUT2D eigenvalue weighted by Gasteiger charge is -2.11. The first kappa shape index (κ1) is 17.0. The predicted octanol–water partition coefficient (Wildman–Crippen LogP) is 4.55. The van der Waals surface area contributed by atoms with Gasteiger partial charge in [-0.05, 0) is 59.4 Å². The van der Waals surface area contributed by atoms with Crippen LogP contribution in [-0.4, -0.2) is 17.9 Å². The van der Waals surface area contributed by atoms with Crippen molar-refractivity contribution >= 4 is 56.4 Å². The molecule has 2 N–H and O–H groups in total. The summed E-state index contributed by atoms with van der Waals surface area (Å²) in [6.45, 7) is 3.76. The Morgan fingerprint density at radius 2 is 1.95 bits per heavy atom. The molecule has 1 aromatic heterocycles. The fourth-order valence-electron chi connectivity index (χ4n) is 1.74. The highest BCUT2D eigenvalue weighted by molar-refractivity contribution is 9.10. The maximum absolute atomic E-state index is 12.2. The number of rotatable bonds is 4. The molecule has 116 valence electrons. The Morgan fingerprint density at radius 1 is 1.23 bits per heavy atom. The lowest BCUT2D eigenvalue weighted by atomic mass is 10.1. The van der Waals surface area contributed by atoms with Gasteiger partial charge in [0.1, 0.15) is 4.88 Å². The largest absolute Gasteiger partial charge is 0.350 e. The van der Waals surface area contributed by atoms with E-state index in [1.165, 1.54) is 11.3 Å². The zero-order valence-electron chi connectivity index (χ0n) is 11.9. The van der Waals surface area contributed by atoms with E-state index < -0.39 is 0 Å². The fraction of sp³-hybridized carbons (Fsp3) is 0.200. The Balaban J connectivity index is 2.22. The summed E-state index contributed by atoms with van der Waals surface area (Å²) in [5, 5.41) is 7.72. The molecule has 7 heteroatoms. The number of halogens is 2. The lowest BCUT2D eigenvalue weighted by molar-refractivity contribution is 0.0942. The number of benzene rings is 1. The maximum atomic E-state index is 12.2. The summed E-state index contributed by atoms with van der Waals surface area (Å²) in [5.41, 5.74) is 0.849. The van der Waals surface area contributed by atoms with Gasteiger partial charge in [-0.1, -0.05) is 11.6 Å². The van der Waals surface area contributed by atoms with Crippen LogP contribution in [-0.2, 0) is 0 Å². The topological polar surface area (TPSA) is 58.2 Å². The molecule has 0 saturated carbocycles. The first-order valence-electron chi connectivity index (χ1n) is 6.53. The molecule has 0 saturated heterocycles. The molecular formula is C15H14BrClN2O2S. The average Bonchev–Trinajstić information content (AvgIpc) is 2.86. The molecule has 2 aromatic rings. The minimum atomic E-state index is -0.273. The summed E-state index contributed by atoms with van der Waals surface area (Å²) < 4.78 is 0.722. The molecular weight excluding hydrogens is 388 g/mol. The number of carbonyl (C=O) groups excluding carboxylic acids is 2. The zero-order valence-corrected chi connectivity index (χ0v) is 15.1. The van der Waals surface area contributed by atoms with E-state index in [2.05, 4.69) is 26.6 Å². The van der Waals surface area contributed by atoms with Crippen molar-refractivity contribution in [2.75, 3.05) is 5.32 Å². The van der Waals surface area contributed by atoms with E-state index in [9.17, 15) is 9.59 Å². The summed E-state index contributed by atoms with van der Waals surface area (Å²) in [5.74, 6) is -0.482. The van der Waals surface area contributed by atoms with Crippen molar-refractivity contribution in [3.8, 4) is 0 Å². The Bertz CT molecular complexity index is 715. The van der Waals surface area contributed by atoms with Crippen molar-refractivity contribution in [3.05, 3.63) is 49.6 Å². The van der Waals surface area contributed by atoms with E-state index in [1.807, 2.05) is 19.2 Å². The minimum absolute atomic E-state index is 0.0308. The van der Waals surface area contributed by atoms with E-state index in [-0.39, 0.29) is 17.9 Å².